The molecule has 0 saturated carbocycles. The monoisotopic (exact) mass is 418 g/mol. The van der Waals surface area contributed by atoms with Gasteiger partial charge in [-0.25, -0.2) is 21.6 Å². The van der Waals surface area contributed by atoms with Crippen molar-refractivity contribution in [2.24, 2.45) is 0 Å². The zero-order valence-electron chi connectivity index (χ0n) is 14.0. The van der Waals surface area contributed by atoms with Crippen LogP contribution in [0.5, 0.6) is 0 Å². The third kappa shape index (κ3) is 5.68. The number of halogens is 1. The van der Waals surface area contributed by atoms with Gasteiger partial charge in [0.05, 0.1) is 9.79 Å². The first-order chi connectivity index (χ1) is 12.2. The van der Waals surface area contributed by atoms with Crippen LogP contribution in [0.3, 0.4) is 0 Å². The third-order valence-corrected chi connectivity index (χ3v) is 6.48. The Bertz CT molecular complexity index is 928. The molecule has 2 aromatic carbocycles. The van der Waals surface area contributed by atoms with E-state index in [4.69, 9.17) is 16.3 Å². The highest BCUT2D eigenvalue weighted by Crippen LogP contribution is 2.20. The van der Waals surface area contributed by atoms with Gasteiger partial charge >= 0.3 is 0 Å². The predicted octanol–water partition coefficient (Wildman–Crippen LogP) is 2.46. The lowest BCUT2D eigenvalue weighted by molar-refractivity contribution is 0.196. The zero-order valence-corrected chi connectivity index (χ0v) is 16.4. The van der Waals surface area contributed by atoms with E-state index in [0.29, 0.717) is 18.1 Å². The summed E-state index contributed by atoms with van der Waals surface area (Å²) in [5.41, 5.74) is 0.248. The molecule has 0 unspecified atom stereocenters. The molecular formula is C16H19ClN2O5S2. The Morgan fingerprint density at radius 3 is 2.00 bits per heavy atom. The van der Waals surface area contributed by atoms with Gasteiger partial charge in [0.1, 0.15) is 0 Å². The van der Waals surface area contributed by atoms with Crippen molar-refractivity contribution in [2.75, 3.05) is 25.0 Å². The Hall–Kier alpha value is -1.65. The lowest BCUT2D eigenvalue weighted by atomic mass is 10.3. The molecule has 0 heterocycles. The second kappa shape index (κ2) is 8.83. The van der Waals surface area contributed by atoms with Gasteiger partial charge in [-0.15, -0.1) is 0 Å². The maximum absolute atomic E-state index is 12.3. The molecule has 0 fully saturated rings. The molecule has 10 heteroatoms. The first kappa shape index (κ1) is 20.7. The molecule has 0 aliphatic heterocycles. The van der Waals surface area contributed by atoms with Gasteiger partial charge in [0.25, 0.3) is 10.0 Å². The molecular weight excluding hydrogens is 400 g/mol. The molecule has 2 aromatic rings. The Morgan fingerprint density at radius 2 is 1.42 bits per heavy atom. The summed E-state index contributed by atoms with van der Waals surface area (Å²) in [7, 11) is -5.90. The van der Waals surface area contributed by atoms with E-state index < -0.39 is 20.0 Å². The summed E-state index contributed by atoms with van der Waals surface area (Å²) in [6.07, 6.45) is 0.550. The van der Waals surface area contributed by atoms with E-state index in [2.05, 4.69) is 9.44 Å². The minimum Gasteiger partial charge on any atom is -0.385 e. The minimum absolute atomic E-state index is 0.0457. The van der Waals surface area contributed by atoms with Crippen molar-refractivity contribution >= 4 is 37.3 Å². The molecule has 0 bridgehead atoms. The molecule has 2 rings (SSSR count). The van der Waals surface area contributed by atoms with Gasteiger partial charge in [-0.05, 0) is 55.0 Å². The number of rotatable bonds is 9. The van der Waals surface area contributed by atoms with E-state index >= 15 is 0 Å². The Balaban J connectivity index is 2.08. The van der Waals surface area contributed by atoms with Gasteiger partial charge in [0.15, 0.2) is 0 Å². The second-order valence-electron chi connectivity index (χ2n) is 5.33. The van der Waals surface area contributed by atoms with Gasteiger partial charge < -0.3 is 4.74 Å². The maximum atomic E-state index is 12.3. The lowest BCUT2D eigenvalue weighted by Gasteiger charge is -2.10. The third-order valence-electron chi connectivity index (χ3n) is 3.36. The van der Waals surface area contributed by atoms with Crippen molar-refractivity contribution in [3.05, 3.63) is 53.6 Å². The van der Waals surface area contributed by atoms with Crippen molar-refractivity contribution < 1.29 is 21.6 Å². The molecule has 0 spiro atoms. The number of methoxy groups -OCH3 is 1. The van der Waals surface area contributed by atoms with Crippen LogP contribution in [0.2, 0.25) is 5.02 Å². The Morgan fingerprint density at radius 1 is 0.885 bits per heavy atom. The molecule has 2 N–H and O–H groups in total. The van der Waals surface area contributed by atoms with Gasteiger partial charge in [-0.1, -0.05) is 11.6 Å². The summed E-state index contributed by atoms with van der Waals surface area (Å²) in [6, 6.07) is 11.1. The van der Waals surface area contributed by atoms with Crippen molar-refractivity contribution in [1.82, 2.24) is 4.72 Å². The van der Waals surface area contributed by atoms with E-state index in [1.807, 2.05) is 0 Å². The number of sulfonamides is 2. The quantitative estimate of drug-likeness (QED) is 0.609. The molecule has 0 saturated heterocycles. The fraction of sp³-hybridized carbons (Fsp3) is 0.250. The number of anilines is 1. The van der Waals surface area contributed by atoms with Crippen molar-refractivity contribution in [3.63, 3.8) is 0 Å². The highest BCUT2D eigenvalue weighted by molar-refractivity contribution is 7.92. The largest absolute Gasteiger partial charge is 0.385 e. The van der Waals surface area contributed by atoms with E-state index in [0.717, 1.165) is 0 Å². The van der Waals surface area contributed by atoms with Crippen LogP contribution in [-0.2, 0) is 24.8 Å². The van der Waals surface area contributed by atoms with Crippen LogP contribution in [0.4, 0.5) is 5.69 Å². The van der Waals surface area contributed by atoms with Crippen LogP contribution in [0.15, 0.2) is 58.3 Å². The molecule has 0 radical (unpaired) electrons. The van der Waals surface area contributed by atoms with Crippen LogP contribution in [-0.4, -0.2) is 37.1 Å². The van der Waals surface area contributed by atoms with E-state index in [9.17, 15) is 16.8 Å². The average Bonchev–Trinajstić information content (AvgIpc) is 2.59. The molecule has 0 atom stereocenters. The average molecular weight is 419 g/mol. The van der Waals surface area contributed by atoms with Gasteiger partial charge in [-0.2, -0.15) is 0 Å². The topological polar surface area (TPSA) is 102 Å². The van der Waals surface area contributed by atoms with Gasteiger partial charge in [0.2, 0.25) is 10.0 Å². The number of ether oxygens (including phenoxy) is 1. The van der Waals surface area contributed by atoms with Crippen LogP contribution in [0.1, 0.15) is 6.42 Å². The summed E-state index contributed by atoms with van der Waals surface area (Å²) in [5, 5.41) is 0.427. The summed E-state index contributed by atoms with van der Waals surface area (Å²) in [4.78, 5) is 0.0998. The molecule has 142 valence electrons. The van der Waals surface area contributed by atoms with E-state index in [-0.39, 0.29) is 22.0 Å². The van der Waals surface area contributed by atoms with Crippen LogP contribution < -0.4 is 9.44 Å². The zero-order chi connectivity index (χ0) is 19.2. The fourth-order valence-electron chi connectivity index (χ4n) is 2.04. The van der Waals surface area contributed by atoms with Crippen molar-refractivity contribution in [3.8, 4) is 0 Å². The summed E-state index contributed by atoms with van der Waals surface area (Å²) < 4.78 is 58.6. The summed E-state index contributed by atoms with van der Waals surface area (Å²) in [6.45, 7) is 0.703. The minimum atomic E-state index is -3.79. The number of hydrogen-bond donors (Lipinski definition) is 2. The Labute approximate surface area is 158 Å². The van der Waals surface area contributed by atoms with Crippen LogP contribution >= 0.6 is 11.6 Å². The standard InChI is InChI=1S/C16H19ClN2O5S2/c1-24-12-2-11-18-25(20,21)15-9-5-14(6-10-15)19-26(22,23)16-7-3-13(17)4-8-16/h3-10,18-19H,2,11-12H2,1H3. The maximum Gasteiger partial charge on any atom is 0.261 e. The van der Waals surface area contributed by atoms with Crippen LogP contribution in [0, 0.1) is 0 Å². The fourth-order valence-corrected chi connectivity index (χ4v) is 4.30. The number of nitrogens with one attached hydrogen (secondary N) is 2. The normalized spacial score (nSPS) is 12.1. The molecule has 0 aliphatic carbocycles. The SMILES string of the molecule is COCCCNS(=O)(=O)c1ccc(NS(=O)(=O)c2ccc(Cl)cc2)cc1. The summed E-state index contributed by atoms with van der Waals surface area (Å²) >= 11 is 5.75. The number of benzene rings is 2. The predicted molar refractivity (Wildman–Crippen MR) is 100 cm³/mol. The molecule has 0 aliphatic rings. The lowest BCUT2D eigenvalue weighted by Crippen LogP contribution is -2.25. The molecule has 0 aromatic heterocycles. The Kier molecular flexibility index (Phi) is 7.01. The van der Waals surface area contributed by atoms with Crippen LogP contribution in [0.25, 0.3) is 0 Å². The first-order valence-corrected chi connectivity index (χ1v) is 11.0. The highest BCUT2D eigenvalue weighted by Gasteiger charge is 2.16. The van der Waals surface area contributed by atoms with Gasteiger partial charge in [0, 0.05) is 31.0 Å². The summed E-state index contributed by atoms with van der Waals surface area (Å²) in [5.74, 6) is 0. The molecule has 26 heavy (non-hydrogen) atoms. The van der Waals surface area contributed by atoms with Gasteiger partial charge in [-0.3, -0.25) is 4.72 Å². The molecule has 7 nitrogen and oxygen atoms in total. The highest BCUT2D eigenvalue weighted by atomic mass is 35.5. The first-order valence-electron chi connectivity index (χ1n) is 7.62. The number of hydrogen-bond acceptors (Lipinski definition) is 5. The molecule has 0 amide bonds. The second-order valence-corrected chi connectivity index (χ2v) is 9.21. The van der Waals surface area contributed by atoms with Crippen molar-refractivity contribution in [1.29, 1.82) is 0 Å². The van der Waals surface area contributed by atoms with Crippen molar-refractivity contribution in [2.45, 2.75) is 16.2 Å². The van der Waals surface area contributed by atoms with E-state index in [1.165, 1.54) is 55.6 Å². The van der Waals surface area contributed by atoms with E-state index in [1.54, 1.807) is 0 Å². The smallest absolute Gasteiger partial charge is 0.261 e.